The van der Waals surface area contributed by atoms with Crippen molar-refractivity contribution in [2.75, 3.05) is 25.6 Å². The smallest absolute Gasteiger partial charge is 0.291 e. The zero-order valence-electron chi connectivity index (χ0n) is 16.0. The Morgan fingerprint density at radius 1 is 1.03 bits per heavy atom. The fourth-order valence-electron chi connectivity index (χ4n) is 2.68. The zero-order chi connectivity index (χ0) is 20.5. The average molecular weight is 394 g/mol. The third-order valence-corrected chi connectivity index (χ3v) is 4.15. The number of benzene rings is 2. The normalized spacial score (nSPS) is 11.5. The third-order valence-electron chi connectivity index (χ3n) is 4.15. The zero-order valence-corrected chi connectivity index (χ0v) is 16.0. The quantitative estimate of drug-likeness (QED) is 0.580. The van der Waals surface area contributed by atoms with Gasteiger partial charge in [-0.2, -0.15) is 0 Å². The van der Waals surface area contributed by atoms with Gasteiger partial charge in [0.05, 0.1) is 12.4 Å². The molecule has 0 aliphatic carbocycles. The van der Waals surface area contributed by atoms with Gasteiger partial charge < -0.3 is 24.5 Å². The van der Waals surface area contributed by atoms with Crippen molar-refractivity contribution in [1.29, 1.82) is 0 Å². The topological polar surface area (TPSA) is 89.8 Å². The Balaban J connectivity index is 1.48. The van der Waals surface area contributed by atoms with Crippen LogP contribution in [0.5, 0.6) is 5.75 Å². The molecular formula is C22H22N2O5. The molecule has 7 heteroatoms. The van der Waals surface area contributed by atoms with Crippen LogP contribution in [0.25, 0.3) is 0 Å². The van der Waals surface area contributed by atoms with Crippen LogP contribution in [0.2, 0.25) is 0 Å². The molecule has 29 heavy (non-hydrogen) atoms. The van der Waals surface area contributed by atoms with Gasteiger partial charge in [-0.15, -0.1) is 0 Å². The van der Waals surface area contributed by atoms with Crippen molar-refractivity contribution in [1.82, 2.24) is 5.32 Å². The lowest BCUT2D eigenvalue weighted by atomic mass is 10.1. The maximum Gasteiger partial charge on any atom is 0.291 e. The van der Waals surface area contributed by atoms with E-state index in [1.807, 2.05) is 30.3 Å². The first kappa shape index (κ1) is 20.2. The summed E-state index contributed by atoms with van der Waals surface area (Å²) in [5.41, 5.74) is 1.52. The molecule has 7 nitrogen and oxygen atoms in total. The highest BCUT2D eigenvalue weighted by molar-refractivity contribution is 6.02. The summed E-state index contributed by atoms with van der Waals surface area (Å²) in [5.74, 6) is 0.0370. The molecule has 150 valence electrons. The molecule has 1 aromatic heterocycles. The Bertz CT molecular complexity index is 925. The van der Waals surface area contributed by atoms with Gasteiger partial charge in [0.2, 0.25) is 0 Å². The van der Waals surface area contributed by atoms with Crippen molar-refractivity contribution < 1.29 is 23.5 Å². The first-order valence-corrected chi connectivity index (χ1v) is 9.08. The Hall–Kier alpha value is -3.58. The maximum atomic E-state index is 12.1. The lowest BCUT2D eigenvalue weighted by Gasteiger charge is -2.16. The summed E-state index contributed by atoms with van der Waals surface area (Å²) in [6.45, 7) is 0.183. The number of hydrogen-bond donors (Lipinski definition) is 2. The van der Waals surface area contributed by atoms with Crippen LogP contribution in [0.4, 0.5) is 5.69 Å². The number of carbonyl (C=O) groups is 2. The highest BCUT2D eigenvalue weighted by Crippen LogP contribution is 2.18. The Labute approximate surface area is 168 Å². The largest absolute Gasteiger partial charge is 0.484 e. The van der Waals surface area contributed by atoms with E-state index in [0.29, 0.717) is 18.0 Å². The second kappa shape index (κ2) is 10.1. The molecule has 0 bridgehead atoms. The van der Waals surface area contributed by atoms with Crippen LogP contribution in [-0.4, -0.2) is 32.1 Å². The number of nitrogens with one attached hydrogen (secondary N) is 2. The van der Waals surface area contributed by atoms with E-state index in [1.165, 1.54) is 6.26 Å². The van der Waals surface area contributed by atoms with Gasteiger partial charge in [0, 0.05) is 25.4 Å². The van der Waals surface area contributed by atoms with Crippen LogP contribution >= 0.6 is 0 Å². The number of methoxy groups -OCH3 is 1. The summed E-state index contributed by atoms with van der Waals surface area (Å²) >= 11 is 0. The van der Waals surface area contributed by atoms with Gasteiger partial charge in [-0.3, -0.25) is 9.59 Å². The van der Waals surface area contributed by atoms with Crippen LogP contribution in [0, 0.1) is 0 Å². The van der Waals surface area contributed by atoms with Gasteiger partial charge in [0.1, 0.15) is 5.75 Å². The molecule has 1 atom stereocenters. The maximum absolute atomic E-state index is 12.1. The van der Waals surface area contributed by atoms with Gasteiger partial charge in [0.15, 0.2) is 12.4 Å². The van der Waals surface area contributed by atoms with Gasteiger partial charge in [-0.1, -0.05) is 36.4 Å². The molecule has 3 rings (SSSR count). The second-order valence-electron chi connectivity index (χ2n) is 6.19. The number of rotatable bonds is 9. The van der Waals surface area contributed by atoms with Crippen molar-refractivity contribution >= 4 is 17.5 Å². The summed E-state index contributed by atoms with van der Waals surface area (Å²) < 4.78 is 16.0. The standard InChI is InChI=1S/C22H22N2O5/c1-27-20(16-7-3-2-4-8-16)14-23-21(25)15-29-18-10-5-9-17(13-18)24-22(26)19-11-6-12-28-19/h2-13,20H,14-15H2,1H3,(H,23,25)(H,24,26). The summed E-state index contributed by atoms with van der Waals surface area (Å²) in [6.07, 6.45) is 1.19. The first-order valence-electron chi connectivity index (χ1n) is 9.08. The van der Waals surface area contributed by atoms with Crippen molar-refractivity contribution in [2.45, 2.75) is 6.10 Å². The van der Waals surface area contributed by atoms with Crippen molar-refractivity contribution in [3.05, 3.63) is 84.3 Å². The molecule has 0 aliphatic rings. The number of hydrogen-bond acceptors (Lipinski definition) is 5. The molecule has 2 aromatic carbocycles. The molecule has 0 aliphatic heterocycles. The van der Waals surface area contributed by atoms with Crippen LogP contribution in [0.1, 0.15) is 22.2 Å². The van der Waals surface area contributed by atoms with Crippen molar-refractivity contribution in [2.24, 2.45) is 0 Å². The number of furan rings is 1. The minimum absolute atomic E-state index is 0.152. The molecule has 2 amide bonds. The van der Waals surface area contributed by atoms with Crippen molar-refractivity contribution in [3.63, 3.8) is 0 Å². The van der Waals surface area contributed by atoms with E-state index >= 15 is 0 Å². The second-order valence-corrected chi connectivity index (χ2v) is 6.19. The van der Waals surface area contributed by atoms with E-state index < -0.39 is 0 Å². The molecule has 2 N–H and O–H groups in total. The fraction of sp³-hybridized carbons (Fsp3) is 0.182. The molecule has 0 fully saturated rings. The van der Waals surface area contributed by atoms with E-state index in [0.717, 1.165) is 5.56 Å². The van der Waals surface area contributed by atoms with Crippen LogP contribution in [0.15, 0.2) is 77.4 Å². The van der Waals surface area contributed by atoms with Gasteiger partial charge in [0.25, 0.3) is 11.8 Å². The molecule has 0 saturated heterocycles. The number of carbonyl (C=O) groups excluding carboxylic acids is 2. The van der Waals surface area contributed by atoms with Gasteiger partial charge in [-0.05, 0) is 29.8 Å². The average Bonchev–Trinajstić information content (AvgIpc) is 3.29. The Morgan fingerprint density at radius 3 is 2.59 bits per heavy atom. The van der Waals surface area contributed by atoms with Gasteiger partial charge in [-0.25, -0.2) is 0 Å². The molecule has 0 spiro atoms. The molecule has 0 saturated carbocycles. The number of amides is 2. The molecule has 3 aromatic rings. The van der Waals surface area contributed by atoms with Crippen LogP contribution < -0.4 is 15.4 Å². The number of ether oxygens (including phenoxy) is 2. The lowest BCUT2D eigenvalue weighted by Crippen LogP contribution is -2.33. The Morgan fingerprint density at radius 2 is 1.86 bits per heavy atom. The van der Waals surface area contributed by atoms with E-state index in [4.69, 9.17) is 13.9 Å². The summed E-state index contributed by atoms with van der Waals surface area (Å²) in [7, 11) is 1.60. The highest BCUT2D eigenvalue weighted by Gasteiger charge is 2.13. The predicted molar refractivity (Wildman–Crippen MR) is 108 cm³/mol. The molecular weight excluding hydrogens is 372 g/mol. The lowest BCUT2D eigenvalue weighted by molar-refractivity contribution is -0.123. The first-order chi connectivity index (χ1) is 14.2. The minimum Gasteiger partial charge on any atom is -0.484 e. The van der Waals surface area contributed by atoms with Crippen LogP contribution in [0.3, 0.4) is 0 Å². The Kier molecular flexibility index (Phi) is 7.02. The van der Waals surface area contributed by atoms with Gasteiger partial charge >= 0.3 is 0 Å². The van der Waals surface area contributed by atoms with Crippen molar-refractivity contribution in [3.8, 4) is 5.75 Å². The predicted octanol–water partition coefficient (Wildman–Crippen LogP) is 3.41. The fourth-order valence-corrected chi connectivity index (χ4v) is 2.68. The summed E-state index contributed by atoms with van der Waals surface area (Å²) in [4.78, 5) is 24.1. The highest BCUT2D eigenvalue weighted by atomic mass is 16.5. The van der Waals surface area contributed by atoms with E-state index in [2.05, 4.69) is 10.6 Å². The van der Waals surface area contributed by atoms with E-state index in [-0.39, 0.29) is 30.3 Å². The SMILES string of the molecule is COC(CNC(=O)COc1cccc(NC(=O)c2ccco2)c1)c1ccccc1. The summed E-state index contributed by atoms with van der Waals surface area (Å²) in [5, 5.41) is 5.51. The van der Waals surface area contributed by atoms with E-state index in [1.54, 1.807) is 43.5 Å². The molecule has 1 heterocycles. The minimum atomic E-state index is -0.364. The molecule has 0 radical (unpaired) electrons. The molecule has 1 unspecified atom stereocenters. The third kappa shape index (κ3) is 5.95. The summed E-state index contributed by atoms with van der Waals surface area (Å²) in [6, 6.07) is 19.6. The number of anilines is 1. The van der Waals surface area contributed by atoms with E-state index in [9.17, 15) is 9.59 Å². The monoisotopic (exact) mass is 394 g/mol. The van der Waals surface area contributed by atoms with Crippen LogP contribution in [-0.2, 0) is 9.53 Å².